The lowest BCUT2D eigenvalue weighted by atomic mass is 10.2. The summed E-state index contributed by atoms with van der Waals surface area (Å²) in [7, 11) is 0. The van der Waals surface area contributed by atoms with E-state index in [0.29, 0.717) is 18.8 Å². The van der Waals surface area contributed by atoms with Gasteiger partial charge in [0.15, 0.2) is 0 Å². The number of benzene rings is 2. The number of para-hydroxylation sites is 1. The highest BCUT2D eigenvalue weighted by Gasteiger charge is 2.22. The molecule has 1 amide bonds. The number of carbonyl (C=O) groups is 1. The van der Waals surface area contributed by atoms with Gasteiger partial charge in [-0.15, -0.1) is 0 Å². The Balaban J connectivity index is 1.45. The molecule has 4 rings (SSSR count). The molecule has 0 aliphatic carbocycles. The molecule has 1 aliphatic heterocycles. The zero-order valence-corrected chi connectivity index (χ0v) is 16.6. The van der Waals surface area contributed by atoms with Gasteiger partial charge < -0.3 is 4.90 Å². The number of aromatic nitrogens is 2. The van der Waals surface area contributed by atoms with Crippen molar-refractivity contribution in [1.82, 2.24) is 19.6 Å². The predicted molar refractivity (Wildman–Crippen MR) is 112 cm³/mol. The number of halogens is 1. The summed E-state index contributed by atoms with van der Waals surface area (Å²) in [5, 5.41) is 4.31. The molecule has 30 heavy (non-hydrogen) atoms. The SMILES string of the molecule is O=C(c1ccc(=O)n(-c2ccccc2)n1)N1CCCN(Cc2ccc(F)cc2)CC1. The van der Waals surface area contributed by atoms with E-state index >= 15 is 0 Å². The van der Waals surface area contributed by atoms with E-state index in [2.05, 4.69) is 10.00 Å². The predicted octanol–water partition coefficient (Wildman–Crippen LogP) is 2.72. The lowest BCUT2D eigenvalue weighted by Gasteiger charge is -2.22. The minimum absolute atomic E-state index is 0.177. The molecule has 0 atom stereocenters. The van der Waals surface area contributed by atoms with Crippen molar-refractivity contribution in [2.24, 2.45) is 0 Å². The van der Waals surface area contributed by atoms with Crippen molar-refractivity contribution in [2.45, 2.75) is 13.0 Å². The highest BCUT2D eigenvalue weighted by molar-refractivity contribution is 5.92. The van der Waals surface area contributed by atoms with E-state index < -0.39 is 0 Å². The second-order valence-corrected chi connectivity index (χ2v) is 7.35. The van der Waals surface area contributed by atoms with Gasteiger partial charge in [0.1, 0.15) is 11.5 Å². The highest BCUT2D eigenvalue weighted by Crippen LogP contribution is 2.12. The Morgan fingerprint density at radius 2 is 1.67 bits per heavy atom. The molecule has 0 bridgehead atoms. The van der Waals surface area contributed by atoms with Crippen LogP contribution in [0.1, 0.15) is 22.5 Å². The minimum Gasteiger partial charge on any atom is -0.336 e. The fourth-order valence-corrected chi connectivity index (χ4v) is 3.62. The normalized spacial score (nSPS) is 15.0. The topological polar surface area (TPSA) is 58.4 Å². The smallest absolute Gasteiger partial charge is 0.274 e. The Bertz CT molecular complexity index is 1070. The molecule has 0 radical (unpaired) electrons. The first-order valence-electron chi connectivity index (χ1n) is 10.0. The maximum atomic E-state index is 13.1. The number of rotatable bonds is 4. The van der Waals surface area contributed by atoms with Gasteiger partial charge in [0, 0.05) is 38.8 Å². The summed E-state index contributed by atoms with van der Waals surface area (Å²) in [5.41, 5.74) is 1.65. The Morgan fingerprint density at radius 1 is 0.900 bits per heavy atom. The zero-order valence-electron chi connectivity index (χ0n) is 16.6. The number of amides is 1. The fourth-order valence-electron chi connectivity index (χ4n) is 3.62. The largest absolute Gasteiger partial charge is 0.336 e. The maximum Gasteiger partial charge on any atom is 0.274 e. The summed E-state index contributed by atoms with van der Waals surface area (Å²) in [5.74, 6) is -0.418. The van der Waals surface area contributed by atoms with E-state index in [0.717, 1.165) is 31.6 Å². The van der Waals surface area contributed by atoms with Crippen LogP contribution < -0.4 is 5.56 Å². The van der Waals surface area contributed by atoms with Gasteiger partial charge in [0.05, 0.1) is 5.69 Å². The first kappa shape index (κ1) is 20.0. The van der Waals surface area contributed by atoms with Crippen molar-refractivity contribution in [2.75, 3.05) is 26.2 Å². The molecule has 154 valence electrons. The second-order valence-electron chi connectivity index (χ2n) is 7.35. The molecule has 2 aromatic carbocycles. The third-order valence-corrected chi connectivity index (χ3v) is 5.22. The van der Waals surface area contributed by atoms with Crippen LogP contribution in [0.5, 0.6) is 0 Å². The highest BCUT2D eigenvalue weighted by atomic mass is 19.1. The van der Waals surface area contributed by atoms with Crippen LogP contribution in [0, 0.1) is 5.82 Å². The molecule has 0 unspecified atom stereocenters. The third-order valence-electron chi connectivity index (χ3n) is 5.22. The van der Waals surface area contributed by atoms with Crippen molar-refractivity contribution in [3.8, 4) is 5.69 Å². The van der Waals surface area contributed by atoms with Crippen LogP contribution >= 0.6 is 0 Å². The van der Waals surface area contributed by atoms with Crippen LogP contribution in [0.4, 0.5) is 4.39 Å². The Morgan fingerprint density at radius 3 is 2.43 bits per heavy atom. The first-order chi connectivity index (χ1) is 14.6. The van der Waals surface area contributed by atoms with Gasteiger partial charge in [-0.3, -0.25) is 14.5 Å². The molecule has 3 aromatic rings. The second kappa shape index (κ2) is 9.00. The number of carbonyl (C=O) groups excluding carboxylic acids is 1. The molecule has 0 spiro atoms. The molecule has 0 N–H and O–H groups in total. The van der Waals surface area contributed by atoms with Crippen molar-refractivity contribution in [3.05, 3.63) is 94.2 Å². The first-order valence-corrected chi connectivity index (χ1v) is 10.0. The third kappa shape index (κ3) is 4.63. The van der Waals surface area contributed by atoms with Crippen LogP contribution in [0.3, 0.4) is 0 Å². The Labute approximate surface area is 174 Å². The molecular formula is C23H23FN4O2. The van der Waals surface area contributed by atoms with E-state index in [-0.39, 0.29) is 23.0 Å². The van der Waals surface area contributed by atoms with Crippen molar-refractivity contribution >= 4 is 5.91 Å². The number of hydrogen-bond acceptors (Lipinski definition) is 4. The van der Waals surface area contributed by atoms with E-state index in [1.807, 2.05) is 18.2 Å². The van der Waals surface area contributed by atoms with E-state index in [9.17, 15) is 14.0 Å². The van der Waals surface area contributed by atoms with E-state index in [1.165, 1.54) is 28.9 Å². The van der Waals surface area contributed by atoms with Gasteiger partial charge in [0.25, 0.3) is 11.5 Å². The lowest BCUT2D eigenvalue weighted by Crippen LogP contribution is -2.36. The summed E-state index contributed by atoms with van der Waals surface area (Å²) in [6, 6.07) is 18.5. The molecule has 6 nitrogen and oxygen atoms in total. The van der Waals surface area contributed by atoms with Crippen LogP contribution in [-0.4, -0.2) is 51.7 Å². The van der Waals surface area contributed by atoms with Crippen LogP contribution in [-0.2, 0) is 6.54 Å². The fraction of sp³-hybridized carbons (Fsp3) is 0.261. The van der Waals surface area contributed by atoms with Gasteiger partial charge in [-0.1, -0.05) is 30.3 Å². The number of nitrogens with zero attached hydrogens (tertiary/aromatic N) is 4. The maximum absolute atomic E-state index is 13.1. The Kier molecular flexibility index (Phi) is 5.99. The van der Waals surface area contributed by atoms with Gasteiger partial charge in [-0.2, -0.15) is 9.78 Å². The van der Waals surface area contributed by atoms with E-state index in [4.69, 9.17) is 0 Å². The van der Waals surface area contributed by atoms with E-state index in [1.54, 1.807) is 29.2 Å². The average Bonchev–Trinajstić information content (AvgIpc) is 3.01. The summed E-state index contributed by atoms with van der Waals surface area (Å²) < 4.78 is 14.4. The molecule has 1 fully saturated rings. The van der Waals surface area contributed by atoms with Gasteiger partial charge in [-0.25, -0.2) is 4.39 Å². The van der Waals surface area contributed by atoms with Crippen molar-refractivity contribution in [1.29, 1.82) is 0 Å². The average molecular weight is 406 g/mol. The molecule has 7 heteroatoms. The molecule has 1 aliphatic rings. The van der Waals surface area contributed by atoms with Crippen molar-refractivity contribution < 1.29 is 9.18 Å². The molecule has 1 saturated heterocycles. The van der Waals surface area contributed by atoms with Crippen LogP contribution in [0.15, 0.2) is 71.5 Å². The summed E-state index contributed by atoms with van der Waals surface area (Å²) >= 11 is 0. The molecule has 1 aromatic heterocycles. The molecule has 2 heterocycles. The lowest BCUT2D eigenvalue weighted by molar-refractivity contribution is 0.0753. The standard InChI is InChI=1S/C23H23FN4O2/c24-19-9-7-18(8-10-19)17-26-13-4-14-27(16-15-26)23(30)21-11-12-22(29)28(25-21)20-5-2-1-3-6-20/h1-3,5-12H,4,13-17H2. The number of hydrogen-bond donors (Lipinski definition) is 0. The van der Waals surface area contributed by atoms with Crippen LogP contribution in [0.2, 0.25) is 0 Å². The summed E-state index contributed by atoms with van der Waals surface area (Å²) in [6.45, 7) is 3.51. The minimum atomic E-state index is -0.279. The summed E-state index contributed by atoms with van der Waals surface area (Å²) in [4.78, 5) is 29.3. The molecule has 0 saturated carbocycles. The van der Waals surface area contributed by atoms with Gasteiger partial charge in [-0.05, 0) is 42.3 Å². The van der Waals surface area contributed by atoms with Crippen molar-refractivity contribution in [3.63, 3.8) is 0 Å². The quantitative estimate of drug-likeness (QED) is 0.669. The Hall–Kier alpha value is -3.32. The zero-order chi connectivity index (χ0) is 20.9. The monoisotopic (exact) mass is 406 g/mol. The summed E-state index contributed by atoms with van der Waals surface area (Å²) in [6.07, 6.45) is 0.839. The van der Waals surface area contributed by atoms with Gasteiger partial charge >= 0.3 is 0 Å². The van der Waals surface area contributed by atoms with Crippen LogP contribution in [0.25, 0.3) is 5.69 Å². The van der Waals surface area contributed by atoms with Gasteiger partial charge in [0.2, 0.25) is 0 Å². The molecular weight excluding hydrogens is 383 g/mol.